The van der Waals surface area contributed by atoms with E-state index in [1.54, 1.807) is 20.8 Å². The zero-order valence-electron chi connectivity index (χ0n) is 14.3. The number of carbonyl (C=O) groups excluding carboxylic acids is 2. The molecule has 1 aliphatic heterocycles. The minimum atomic E-state index is -0.945. The molecule has 0 unspecified atom stereocenters. The minimum absolute atomic E-state index is 0.0891. The number of hydrogen-bond donors (Lipinski definition) is 3. The first kappa shape index (κ1) is 19.2. The van der Waals surface area contributed by atoms with Crippen molar-refractivity contribution in [2.24, 2.45) is 0 Å². The summed E-state index contributed by atoms with van der Waals surface area (Å²) in [7, 11) is 0. The lowest BCUT2D eigenvalue weighted by Crippen LogP contribution is -2.71. The maximum atomic E-state index is 11.9. The van der Waals surface area contributed by atoms with Crippen molar-refractivity contribution in [2.45, 2.75) is 51.7 Å². The number of ether oxygens (including phenoxy) is 1. The van der Waals surface area contributed by atoms with E-state index in [1.165, 1.54) is 4.90 Å². The Hall–Kier alpha value is -1.83. The molecular weight excluding hydrogens is 302 g/mol. The van der Waals surface area contributed by atoms with E-state index in [9.17, 15) is 14.4 Å². The second-order valence-electron chi connectivity index (χ2n) is 6.82. The number of likely N-dealkylation sites (tertiary alicyclic amines) is 1. The minimum Gasteiger partial charge on any atom is -0.481 e. The van der Waals surface area contributed by atoms with Crippen LogP contribution in [0, 0.1) is 0 Å². The predicted octanol–water partition coefficient (Wildman–Crippen LogP) is 0.566. The summed E-state index contributed by atoms with van der Waals surface area (Å²) in [4.78, 5) is 35.9. The van der Waals surface area contributed by atoms with Crippen molar-refractivity contribution in [3.8, 4) is 0 Å². The fourth-order valence-electron chi connectivity index (χ4n) is 2.44. The van der Waals surface area contributed by atoms with E-state index >= 15 is 0 Å². The van der Waals surface area contributed by atoms with Crippen LogP contribution in [0.5, 0.6) is 0 Å². The predicted molar refractivity (Wildman–Crippen MR) is 84.1 cm³/mol. The van der Waals surface area contributed by atoms with Crippen LogP contribution >= 0.6 is 0 Å². The summed E-state index contributed by atoms with van der Waals surface area (Å²) in [6.07, 6.45) is -0.299. The molecule has 1 rings (SSSR count). The Labute approximate surface area is 136 Å². The topological polar surface area (TPSA) is 108 Å². The Morgan fingerprint density at radius 2 is 1.87 bits per heavy atom. The van der Waals surface area contributed by atoms with Crippen molar-refractivity contribution in [3.05, 3.63) is 0 Å². The molecule has 0 spiro atoms. The SMILES string of the molecule is CCNC(=O)CCNC1(CC(=O)O)CN(C(=O)OC(C)(C)C)C1. The van der Waals surface area contributed by atoms with Gasteiger partial charge in [0.15, 0.2) is 0 Å². The van der Waals surface area contributed by atoms with Crippen LogP contribution in [0.15, 0.2) is 0 Å². The molecule has 0 radical (unpaired) electrons. The van der Waals surface area contributed by atoms with Gasteiger partial charge in [-0.3, -0.25) is 9.59 Å². The molecule has 0 aromatic rings. The van der Waals surface area contributed by atoms with Crippen molar-refractivity contribution in [1.82, 2.24) is 15.5 Å². The summed E-state index contributed by atoms with van der Waals surface area (Å²) in [5.74, 6) is -1.03. The van der Waals surface area contributed by atoms with Crippen LogP contribution in [-0.2, 0) is 14.3 Å². The number of carbonyl (C=O) groups is 3. The number of carboxylic acids is 1. The summed E-state index contributed by atoms with van der Waals surface area (Å²) < 4.78 is 5.26. The van der Waals surface area contributed by atoms with Gasteiger partial charge >= 0.3 is 12.1 Å². The van der Waals surface area contributed by atoms with Gasteiger partial charge in [0, 0.05) is 32.6 Å². The molecule has 23 heavy (non-hydrogen) atoms. The lowest BCUT2D eigenvalue weighted by Gasteiger charge is -2.49. The van der Waals surface area contributed by atoms with Gasteiger partial charge in [-0.15, -0.1) is 0 Å². The maximum Gasteiger partial charge on any atom is 0.410 e. The van der Waals surface area contributed by atoms with E-state index in [0.29, 0.717) is 13.1 Å². The van der Waals surface area contributed by atoms with Gasteiger partial charge < -0.3 is 25.4 Å². The first-order valence-corrected chi connectivity index (χ1v) is 7.78. The molecule has 1 saturated heterocycles. The van der Waals surface area contributed by atoms with E-state index in [1.807, 2.05) is 6.92 Å². The summed E-state index contributed by atoms with van der Waals surface area (Å²) >= 11 is 0. The van der Waals surface area contributed by atoms with Gasteiger partial charge in [0.05, 0.1) is 12.0 Å². The van der Waals surface area contributed by atoms with E-state index in [0.717, 1.165) is 0 Å². The van der Waals surface area contributed by atoms with Crippen LogP contribution in [0.3, 0.4) is 0 Å². The molecule has 132 valence electrons. The molecule has 0 aromatic heterocycles. The molecule has 0 aliphatic carbocycles. The molecular formula is C15H27N3O5. The van der Waals surface area contributed by atoms with Crippen LogP contribution in [0.2, 0.25) is 0 Å². The molecule has 8 nitrogen and oxygen atoms in total. The third kappa shape index (κ3) is 6.43. The lowest BCUT2D eigenvalue weighted by molar-refractivity contribution is -0.141. The molecule has 0 aromatic carbocycles. The highest BCUT2D eigenvalue weighted by Crippen LogP contribution is 2.26. The van der Waals surface area contributed by atoms with Gasteiger partial charge in [0.25, 0.3) is 0 Å². The van der Waals surface area contributed by atoms with Crippen molar-refractivity contribution >= 4 is 18.0 Å². The van der Waals surface area contributed by atoms with Gasteiger partial charge in [0.2, 0.25) is 5.91 Å². The van der Waals surface area contributed by atoms with E-state index < -0.39 is 23.2 Å². The number of rotatable bonds is 7. The Kier molecular flexibility index (Phi) is 6.37. The first-order chi connectivity index (χ1) is 10.6. The largest absolute Gasteiger partial charge is 0.481 e. The van der Waals surface area contributed by atoms with E-state index in [4.69, 9.17) is 9.84 Å². The average molecular weight is 329 g/mol. The molecule has 8 heteroatoms. The summed E-state index contributed by atoms with van der Waals surface area (Å²) in [6.45, 7) is 8.60. The molecule has 0 saturated carbocycles. The van der Waals surface area contributed by atoms with Gasteiger partial charge in [-0.2, -0.15) is 0 Å². The fourth-order valence-corrected chi connectivity index (χ4v) is 2.44. The van der Waals surface area contributed by atoms with Crippen molar-refractivity contribution in [2.75, 3.05) is 26.2 Å². The quantitative estimate of drug-likeness (QED) is 0.630. The average Bonchev–Trinajstić information content (AvgIpc) is 2.32. The molecule has 1 fully saturated rings. The highest BCUT2D eigenvalue weighted by atomic mass is 16.6. The normalized spacial score (nSPS) is 16.4. The van der Waals surface area contributed by atoms with Crippen LogP contribution in [0.25, 0.3) is 0 Å². The maximum absolute atomic E-state index is 11.9. The van der Waals surface area contributed by atoms with Gasteiger partial charge in [-0.05, 0) is 27.7 Å². The highest BCUT2D eigenvalue weighted by Gasteiger charge is 2.47. The van der Waals surface area contributed by atoms with E-state index in [-0.39, 0.29) is 31.8 Å². The Morgan fingerprint density at radius 1 is 1.26 bits per heavy atom. The third-order valence-corrected chi connectivity index (χ3v) is 3.35. The summed E-state index contributed by atoms with van der Waals surface area (Å²) in [5, 5.41) is 14.9. The standard InChI is InChI=1S/C15H27N3O5/c1-5-16-11(19)6-7-17-15(8-12(20)21)9-18(10-15)13(22)23-14(2,3)4/h17H,5-10H2,1-4H3,(H,16,19)(H,20,21). The number of nitrogens with zero attached hydrogens (tertiary/aromatic N) is 1. The van der Waals surface area contributed by atoms with Crippen molar-refractivity contribution < 1.29 is 24.2 Å². The number of carboxylic acid groups (broad SMARTS) is 1. The Morgan fingerprint density at radius 3 is 2.35 bits per heavy atom. The fraction of sp³-hybridized carbons (Fsp3) is 0.800. The number of hydrogen-bond acceptors (Lipinski definition) is 5. The van der Waals surface area contributed by atoms with Gasteiger partial charge in [-0.1, -0.05) is 0 Å². The Bertz CT molecular complexity index is 453. The van der Waals surface area contributed by atoms with Gasteiger partial charge in [-0.25, -0.2) is 4.79 Å². The zero-order chi connectivity index (χ0) is 17.7. The second-order valence-corrected chi connectivity index (χ2v) is 6.82. The van der Waals surface area contributed by atoms with Gasteiger partial charge in [0.1, 0.15) is 5.60 Å². The van der Waals surface area contributed by atoms with Crippen LogP contribution in [0.4, 0.5) is 4.79 Å². The van der Waals surface area contributed by atoms with Crippen molar-refractivity contribution in [3.63, 3.8) is 0 Å². The molecule has 0 bridgehead atoms. The molecule has 0 atom stereocenters. The lowest BCUT2D eigenvalue weighted by atomic mass is 9.86. The number of aliphatic carboxylic acids is 1. The van der Waals surface area contributed by atoms with Crippen molar-refractivity contribution in [1.29, 1.82) is 0 Å². The van der Waals surface area contributed by atoms with Crippen LogP contribution < -0.4 is 10.6 Å². The zero-order valence-corrected chi connectivity index (χ0v) is 14.3. The number of nitrogens with one attached hydrogen (secondary N) is 2. The molecule has 1 heterocycles. The third-order valence-electron chi connectivity index (χ3n) is 3.35. The van der Waals surface area contributed by atoms with Crippen LogP contribution in [0.1, 0.15) is 40.5 Å². The molecule has 1 aliphatic rings. The highest BCUT2D eigenvalue weighted by molar-refractivity contribution is 5.76. The monoisotopic (exact) mass is 329 g/mol. The first-order valence-electron chi connectivity index (χ1n) is 7.78. The smallest absolute Gasteiger partial charge is 0.410 e. The number of amides is 2. The molecule has 2 amide bonds. The Balaban J connectivity index is 2.51. The summed E-state index contributed by atoms with van der Waals surface area (Å²) in [5.41, 5.74) is -1.29. The van der Waals surface area contributed by atoms with Crippen LogP contribution in [-0.4, -0.2) is 65.3 Å². The van der Waals surface area contributed by atoms with E-state index in [2.05, 4.69) is 10.6 Å². The second kappa shape index (κ2) is 7.63. The summed E-state index contributed by atoms with van der Waals surface area (Å²) in [6, 6.07) is 0. The molecule has 3 N–H and O–H groups in total.